The molecule has 3 saturated heterocycles. The summed E-state index contributed by atoms with van der Waals surface area (Å²) in [6.45, 7) is 7.13. The number of carbonyl (C=O) groups excluding carboxylic acids is 2. The Bertz CT molecular complexity index is 1090. The minimum atomic E-state index is -0.357. The van der Waals surface area contributed by atoms with Crippen molar-refractivity contribution in [2.24, 2.45) is 17.3 Å². The fourth-order valence-electron chi connectivity index (χ4n) is 5.05. The van der Waals surface area contributed by atoms with Crippen LogP contribution < -0.4 is 9.80 Å². The number of piperidine rings is 1. The van der Waals surface area contributed by atoms with Crippen LogP contribution in [0.2, 0.25) is 0 Å². The second-order valence-corrected chi connectivity index (χ2v) is 10.2. The van der Waals surface area contributed by atoms with E-state index < -0.39 is 0 Å². The molecule has 1 atom stereocenters. The molecule has 0 N–H and O–H groups in total. The lowest BCUT2D eigenvalue weighted by Crippen LogP contribution is -2.53. The molecule has 3 fully saturated rings. The van der Waals surface area contributed by atoms with Crippen LogP contribution in [0.5, 0.6) is 0 Å². The lowest BCUT2D eigenvalue weighted by molar-refractivity contribution is -0.136. The zero-order valence-corrected chi connectivity index (χ0v) is 19.7. The zero-order valence-electron chi connectivity index (χ0n) is 19.7. The highest BCUT2D eigenvalue weighted by Crippen LogP contribution is 2.36. The van der Waals surface area contributed by atoms with Crippen LogP contribution in [0.25, 0.3) is 0 Å². The molecule has 178 valence electrons. The predicted octanol–water partition coefficient (Wildman–Crippen LogP) is 2.81. The number of rotatable bonds is 5. The Labute approximate surface area is 199 Å². The predicted molar refractivity (Wildman–Crippen MR) is 125 cm³/mol. The molecule has 4 heterocycles. The van der Waals surface area contributed by atoms with Gasteiger partial charge in [-0.1, -0.05) is 18.2 Å². The van der Waals surface area contributed by atoms with E-state index in [9.17, 15) is 14.9 Å². The molecule has 3 aliphatic rings. The summed E-state index contributed by atoms with van der Waals surface area (Å²) in [4.78, 5) is 35.9. The van der Waals surface area contributed by atoms with Crippen molar-refractivity contribution in [1.29, 1.82) is 5.26 Å². The van der Waals surface area contributed by atoms with Crippen molar-refractivity contribution in [2.75, 3.05) is 42.5 Å². The van der Waals surface area contributed by atoms with Gasteiger partial charge in [0.2, 0.25) is 17.7 Å². The van der Waals surface area contributed by atoms with E-state index in [0.717, 1.165) is 31.6 Å². The fourth-order valence-corrected chi connectivity index (χ4v) is 5.05. The number of nitrogens with zero attached hydrogens (tertiary/aromatic N) is 6. The van der Waals surface area contributed by atoms with Gasteiger partial charge in [-0.2, -0.15) is 10.2 Å². The highest BCUT2D eigenvalue weighted by Gasteiger charge is 2.42. The molecule has 2 amide bonds. The lowest BCUT2D eigenvalue weighted by Gasteiger charge is -2.43. The van der Waals surface area contributed by atoms with Crippen LogP contribution in [0.4, 0.5) is 11.6 Å². The number of anilines is 2. The molecule has 5 rings (SSSR count). The van der Waals surface area contributed by atoms with E-state index in [0.29, 0.717) is 37.4 Å². The molecular formula is C25H30N6O3. The van der Waals surface area contributed by atoms with E-state index in [1.807, 2.05) is 54.0 Å². The maximum absolute atomic E-state index is 13.1. The Hall–Kier alpha value is -3.41. The first kappa shape index (κ1) is 22.4. The summed E-state index contributed by atoms with van der Waals surface area (Å²) in [6, 6.07) is 11.9. The maximum Gasteiger partial charge on any atom is 0.266 e. The Morgan fingerprint density at radius 3 is 2.53 bits per heavy atom. The van der Waals surface area contributed by atoms with Gasteiger partial charge in [0.15, 0.2) is 0 Å². The van der Waals surface area contributed by atoms with E-state index in [2.05, 4.69) is 16.2 Å². The number of hydrogen-bond donors (Lipinski definition) is 0. The standard InChI is InChI=1S/C25H30N6O3/c1-25(2,16-26)19-14-30(15-19)24-27-22(34-28-24)17-8-10-29(11-9-17)23(33)18-12-21(32)31(13-18)20-6-4-3-5-7-20/h3-7,17-19H,8-15H2,1-2H3. The molecule has 9 nitrogen and oxygen atoms in total. The SMILES string of the molecule is CC(C)(C#N)C1CN(c2noc(C3CCN(C(=O)C4CC(=O)N(c5ccccc5)C4)CC3)n2)C1. The first-order valence-corrected chi connectivity index (χ1v) is 12.0. The normalized spacial score (nSPS) is 22.1. The smallest absolute Gasteiger partial charge is 0.266 e. The molecule has 1 aromatic heterocycles. The van der Waals surface area contributed by atoms with Crippen molar-refractivity contribution >= 4 is 23.5 Å². The zero-order chi connectivity index (χ0) is 23.9. The quantitative estimate of drug-likeness (QED) is 0.672. The van der Waals surface area contributed by atoms with Gasteiger partial charge in [0.1, 0.15) is 0 Å². The van der Waals surface area contributed by atoms with Gasteiger partial charge in [-0.05, 0) is 44.0 Å². The first-order chi connectivity index (χ1) is 16.4. The van der Waals surface area contributed by atoms with Gasteiger partial charge in [0.05, 0.1) is 17.4 Å². The van der Waals surface area contributed by atoms with Crippen LogP contribution >= 0.6 is 0 Å². The third kappa shape index (κ3) is 4.13. The van der Waals surface area contributed by atoms with Crippen LogP contribution in [0, 0.1) is 28.6 Å². The fraction of sp³-hybridized carbons (Fsp3) is 0.560. The molecule has 0 aliphatic carbocycles. The third-order valence-corrected chi connectivity index (χ3v) is 7.60. The van der Waals surface area contributed by atoms with Crippen molar-refractivity contribution in [3.63, 3.8) is 0 Å². The largest absolute Gasteiger partial charge is 0.342 e. The number of benzene rings is 1. The van der Waals surface area contributed by atoms with E-state index in [1.54, 1.807) is 4.90 Å². The highest BCUT2D eigenvalue weighted by molar-refractivity contribution is 6.00. The van der Waals surface area contributed by atoms with Crippen LogP contribution in [0.1, 0.15) is 44.9 Å². The molecule has 0 saturated carbocycles. The van der Waals surface area contributed by atoms with Gasteiger partial charge in [-0.3, -0.25) is 9.59 Å². The van der Waals surface area contributed by atoms with Gasteiger partial charge in [0.25, 0.3) is 5.95 Å². The number of amides is 2. The molecular weight excluding hydrogens is 432 g/mol. The van der Waals surface area contributed by atoms with Crippen molar-refractivity contribution in [2.45, 2.75) is 39.0 Å². The van der Waals surface area contributed by atoms with Gasteiger partial charge < -0.3 is 19.2 Å². The number of para-hydroxylation sites is 1. The van der Waals surface area contributed by atoms with Crippen LogP contribution in [-0.2, 0) is 9.59 Å². The maximum atomic E-state index is 13.1. The number of likely N-dealkylation sites (tertiary alicyclic amines) is 1. The summed E-state index contributed by atoms with van der Waals surface area (Å²) >= 11 is 0. The Morgan fingerprint density at radius 1 is 1.15 bits per heavy atom. The van der Waals surface area contributed by atoms with Gasteiger partial charge in [-0.25, -0.2) is 0 Å². The second kappa shape index (κ2) is 8.75. The Balaban J connectivity index is 1.13. The molecule has 9 heteroatoms. The van der Waals surface area contributed by atoms with Gasteiger partial charge in [0, 0.05) is 56.7 Å². The second-order valence-electron chi connectivity index (χ2n) is 10.2. The minimum absolute atomic E-state index is 0.00390. The van der Waals surface area contributed by atoms with Crippen LogP contribution in [0.15, 0.2) is 34.9 Å². The Kier molecular flexibility index (Phi) is 5.76. The molecule has 2 aromatic rings. The number of aromatic nitrogens is 2. The molecule has 0 radical (unpaired) electrons. The Morgan fingerprint density at radius 2 is 1.85 bits per heavy atom. The van der Waals surface area contributed by atoms with Crippen molar-refractivity contribution in [3.05, 3.63) is 36.2 Å². The molecule has 0 spiro atoms. The number of carbonyl (C=O) groups is 2. The van der Waals surface area contributed by atoms with Crippen molar-refractivity contribution in [1.82, 2.24) is 15.0 Å². The van der Waals surface area contributed by atoms with E-state index in [4.69, 9.17) is 4.52 Å². The third-order valence-electron chi connectivity index (χ3n) is 7.60. The summed E-state index contributed by atoms with van der Waals surface area (Å²) in [5.74, 6) is 1.40. The van der Waals surface area contributed by atoms with Gasteiger partial charge in [-0.15, -0.1) is 0 Å². The molecule has 1 aromatic carbocycles. The van der Waals surface area contributed by atoms with Crippen molar-refractivity contribution in [3.8, 4) is 6.07 Å². The lowest BCUT2D eigenvalue weighted by atomic mass is 9.75. The molecule has 0 bridgehead atoms. The molecule has 3 aliphatic heterocycles. The summed E-state index contributed by atoms with van der Waals surface area (Å²) < 4.78 is 5.56. The summed E-state index contributed by atoms with van der Waals surface area (Å²) in [7, 11) is 0. The number of hydrogen-bond acceptors (Lipinski definition) is 7. The average molecular weight is 463 g/mol. The monoisotopic (exact) mass is 462 g/mol. The average Bonchev–Trinajstić information content (AvgIpc) is 3.45. The van der Waals surface area contributed by atoms with Crippen LogP contribution in [-0.4, -0.2) is 59.6 Å². The van der Waals surface area contributed by atoms with Crippen molar-refractivity contribution < 1.29 is 14.1 Å². The summed E-state index contributed by atoms with van der Waals surface area (Å²) in [6.07, 6.45) is 1.79. The van der Waals surface area contributed by atoms with E-state index in [-0.39, 0.29) is 35.5 Å². The molecule has 1 unspecified atom stereocenters. The molecule has 34 heavy (non-hydrogen) atoms. The summed E-state index contributed by atoms with van der Waals surface area (Å²) in [5.41, 5.74) is 0.489. The van der Waals surface area contributed by atoms with E-state index >= 15 is 0 Å². The van der Waals surface area contributed by atoms with Gasteiger partial charge >= 0.3 is 0 Å². The number of nitriles is 1. The van der Waals surface area contributed by atoms with E-state index in [1.165, 1.54) is 0 Å². The summed E-state index contributed by atoms with van der Waals surface area (Å²) in [5, 5.41) is 13.5. The topological polar surface area (TPSA) is 107 Å². The van der Waals surface area contributed by atoms with Crippen LogP contribution in [0.3, 0.4) is 0 Å². The minimum Gasteiger partial charge on any atom is -0.342 e. The highest BCUT2D eigenvalue weighted by atomic mass is 16.5. The first-order valence-electron chi connectivity index (χ1n) is 12.0.